The first-order valence-electron chi connectivity index (χ1n) is 20.4. The molecule has 0 radical (unpaired) electrons. The molecule has 0 bridgehead atoms. The number of carbonyl (C=O) groups excluding carboxylic acids is 2. The first-order chi connectivity index (χ1) is 24.0. The van der Waals surface area contributed by atoms with Gasteiger partial charge in [0.2, 0.25) is 0 Å². The molecule has 1 amide bonds. The quantitative estimate of drug-likeness (QED) is 0.0504. The minimum absolute atomic E-state index is 0. The van der Waals surface area contributed by atoms with Crippen LogP contribution in [0.5, 0.6) is 0 Å². The zero-order chi connectivity index (χ0) is 35.4. The van der Waals surface area contributed by atoms with E-state index < -0.39 is 30.4 Å². The molecule has 0 unspecified atom stereocenters. The van der Waals surface area contributed by atoms with Crippen LogP contribution >= 0.6 is 0 Å². The summed E-state index contributed by atoms with van der Waals surface area (Å²) in [6.45, 7) is 8.03. The molecule has 1 saturated heterocycles. The van der Waals surface area contributed by atoms with Gasteiger partial charge in [-0.15, -0.1) is 0 Å². The monoisotopic (exact) mass is 725 g/mol. The number of halogens is 1. The third-order valence-electron chi connectivity index (χ3n) is 9.70. The molecule has 0 spiro atoms. The van der Waals surface area contributed by atoms with Crippen molar-refractivity contribution in [2.45, 2.75) is 199 Å². The number of ether oxygens (including phenoxy) is 4. The van der Waals surface area contributed by atoms with Crippen molar-refractivity contribution in [1.82, 2.24) is 0 Å². The van der Waals surface area contributed by atoms with Gasteiger partial charge in [0.05, 0.1) is 0 Å². The maximum absolute atomic E-state index is 12.8. The van der Waals surface area contributed by atoms with Gasteiger partial charge in [0, 0.05) is 25.7 Å². The summed E-state index contributed by atoms with van der Waals surface area (Å²) in [4.78, 5) is 24.8. The highest BCUT2D eigenvalue weighted by Gasteiger charge is 2.52. The molecular formula is C41H73ClN2O6. The van der Waals surface area contributed by atoms with Crippen molar-refractivity contribution < 1.29 is 45.5 Å². The Hall–Kier alpha value is -1.74. The van der Waals surface area contributed by atoms with E-state index in [1.165, 1.54) is 103 Å². The summed E-state index contributed by atoms with van der Waals surface area (Å²) in [5, 5.41) is 0. The second-order valence-electron chi connectivity index (χ2n) is 14.1. The number of hydrogen-bond acceptors (Lipinski definition) is 6. The van der Waals surface area contributed by atoms with Crippen LogP contribution in [0.3, 0.4) is 0 Å². The fraction of sp³-hybridized carbons (Fsp3) is 0.829. The number of nitrogens with zero attached hydrogens (tertiary/aromatic N) is 1. The molecule has 50 heavy (non-hydrogen) atoms. The van der Waals surface area contributed by atoms with Crippen LogP contribution in [0.4, 0.5) is 0 Å². The van der Waals surface area contributed by atoms with Gasteiger partial charge in [-0.05, 0) is 25.3 Å². The number of carbonyl (C=O) groups is 2. The predicted octanol–water partition coefficient (Wildman–Crippen LogP) is 6.71. The molecule has 2 heterocycles. The molecule has 290 valence electrons. The molecule has 1 aromatic rings. The van der Waals surface area contributed by atoms with Gasteiger partial charge in [-0.1, -0.05) is 149 Å². The Morgan fingerprint density at radius 3 is 1.64 bits per heavy atom. The molecule has 2 N–H and O–H groups in total. The molecule has 1 aliphatic rings. The van der Waals surface area contributed by atoms with Crippen LogP contribution in [0.25, 0.3) is 0 Å². The smallest absolute Gasteiger partial charge is 0.305 e. The fourth-order valence-corrected chi connectivity index (χ4v) is 6.64. The molecule has 2 rings (SSSR count). The van der Waals surface area contributed by atoms with E-state index in [2.05, 4.69) is 20.8 Å². The SMILES string of the molecule is CCCCCCCCCCO[C@@H]1[C@@H](OCCCCCCCCCC)[C@@H](COC(=O)CCCCCCCCC)O[C@H]1[n+]1cccc(C(N)=O)c1.[Cl-]. The largest absolute Gasteiger partial charge is 1.00 e. The van der Waals surface area contributed by atoms with Crippen LogP contribution in [0.15, 0.2) is 24.5 Å². The van der Waals surface area contributed by atoms with E-state index in [1.807, 2.05) is 10.8 Å². The molecule has 9 heteroatoms. The Labute approximate surface area is 311 Å². The van der Waals surface area contributed by atoms with Crippen molar-refractivity contribution in [1.29, 1.82) is 0 Å². The highest BCUT2D eigenvalue weighted by molar-refractivity contribution is 5.92. The van der Waals surface area contributed by atoms with Crippen molar-refractivity contribution in [2.75, 3.05) is 19.8 Å². The number of aromatic nitrogens is 1. The van der Waals surface area contributed by atoms with E-state index in [0.29, 0.717) is 25.2 Å². The summed E-state index contributed by atoms with van der Waals surface area (Å²) in [5.74, 6) is -0.690. The summed E-state index contributed by atoms with van der Waals surface area (Å²) in [6, 6.07) is 3.49. The molecule has 0 saturated carbocycles. The predicted molar refractivity (Wildman–Crippen MR) is 197 cm³/mol. The summed E-state index contributed by atoms with van der Waals surface area (Å²) >= 11 is 0. The van der Waals surface area contributed by atoms with E-state index in [1.54, 1.807) is 18.3 Å². The molecule has 1 aliphatic heterocycles. The third kappa shape index (κ3) is 20.3. The Balaban J connectivity index is 0.0000125. The molecule has 1 fully saturated rings. The topological polar surface area (TPSA) is 101 Å². The minimum atomic E-state index is -0.538. The number of nitrogens with two attached hydrogens (primary N) is 1. The van der Waals surface area contributed by atoms with Gasteiger partial charge >= 0.3 is 5.97 Å². The number of amides is 1. The highest BCUT2D eigenvalue weighted by Crippen LogP contribution is 2.32. The van der Waals surface area contributed by atoms with E-state index in [4.69, 9.17) is 24.7 Å². The van der Waals surface area contributed by atoms with E-state index in [-0.39, 0.29) is 25.0 Å². The molecule has 8 nitrogen and oxygen atoms in total. The van der Waals surface area contributed by atoms with Gasteiger partial charge in [0.1, 0.15) is 24.4 Å². The molecule has 0 aromatic carbocycles. The van der Waals surface area contributed by atoms with Crippen molar-refractivity contribution in [3.63, 3.8) is 0 Å². The van der Waals surface area contributed by atoms with Crippen LogP contribution < -0.4 is 22.7 Å². The number of unbranched alkanes of at least 4 members (excludes halogenated alkanes) is 20. The van der Waals surface area contributed by atoms with Gasteiger partial charge in [-0.2, -0.15) is 4.57 Å². The third-order valence-corrected chi connectivity index (χ3v) is 9.70. The second kappa shape index (κ2) is 30.8. The van der Waals surface area contributed by atoms with Crippen molar-refractivity contribution in [3.8, 4) is 0 Å². The number of rotatable bonds is 32. The highest BCUT2D eigenvalue weighted by atomic mass is 35.5. The van der Waals surface area contributed by atoms with Crippen molar-refractivity contribution >= 4 is 11.9 Å². The zero-order valence-corrected chi connectivity index (χ0v) is 32.8. The Bertz CT molecular complexity index is 982. The maximum atomic E-state index is 12.8. The lowest BCUT2D eigenvalue weighted by Crippen LogP contribution is -3.00. The average Bonchev–Trinajstić information content (AvgIpc) is 3.45. The van der Waals surface area contributed by atoms with Crippen LogP contribution in [-0.2, 0) is 23.7 Å². The zero-order valence-electron chi connectivity index (χ0n) is 32.1. The van der Waals surface area contributed by atoms with Gasteiger partial charge in [0.15, 0.2) is 18.5 Å². The van der Waals surface area contributed by atoms with Gasteiger partial charge in [0.25, 0.3) is 12.1 Å². The van der Waals surface area contributed by atoms with E-state index in [0.717, 1.165) is 44.9 Å². The van der Waals surface area contributed by atoms with Crippen LogP contribution in [0.1, 0.15) is 191 Å². The van der Waals surface area contributed by atoms with Crippen molar-refractivity contribution in [2.24, 2.45) is 5.73 Å². The lowest BCUT2D eigenvalue weighted by Gasteiger charge is -2.23. The number of pyridine rings is 1. The standard InChI is InChI=1S/C41H72N2O6.ClH/c1-4-7-10-13-16-19-22-25-31-46-38-36(34-48-37(44)29-24-21-18-15-12-9-6-3)49-41(43-30-27-28-35(33-43)40(42)45)39(38)47-32-26-23-20-17-14-11-8-5-2;/h27-28,30,33,36,38-39,41H,4-26,29,31-32,34H2,1-3H3,(H-,42,45);1H/t36-,38+,39-,41-;/m1./s1. The number of esters is 1. The number of hydrogen-bond donors (Lipinski definition) is 1. The Morgan fingerprint density at radius 1 is 0.680 bits per heavy atom. The van der Waals surface area contributed by atoms with Gasteiger partial charge in [-0.3, -0.25) is 9.59 Å². The Morgan fingerprint density at radius 2 is 1.14 bits per heavy atom. The maximum Gasteiger partial charge on any atom is 0.305 e. The first kappa shape index (κ1) is 46.3. The summed E-state index contributed by atoms with van der Waals surface area (Å²) in [5.41, 5.74) is 6.03. The van der Waals surface area contributed by atoms with Gasteiger partial charge < -0.3 is 37.1 Å². The lowest BCUT2D eigenvalue weighted by atomic mass is 10.1. The lowest BCUT2D eigenvalue weighted by molar-refractivity contribution is -0.766. The number of primary amides is 1. The van der Waals surface area contributed by atoms with Crippen LogP contribution in [0.2, 0.25) is 0 Å². The first-order valence-corrected chi connectivity index (χ1v) is 20.4. The molecular weight excluding hydrogens is 652 g/mol. The van der Waals surface area contributed by atoms with E-state index >= 15 is 0 Å². The minimum Gasteiger partial charge on any atom is -1.00 e. The van der Waals surface area contributed by atoms with Gasteiger partial charge in [-0.25, -0.2) is 0 Å². The fourth-order valence-electron chi connectivity index (χ4n) is 6.64. The molecule has 1 aromatic heterocycles. The molecule has 0 aliphatic carbocycles. The van der Waals surface area contributed by atoms with Crippen molar-refractivity contribution in [3.05, 3.63) is 30.1 Å². The van der Waals surface area contributed by atoms with Crippen LogP contribution in [-0.4, -0.2) is 50.0 Å². The van der Waals surface area contributed by atoms with Crippen LogP contribution in [0, 0.1) is 0 Å². The average molecular weight is 725 g/mol. The van der Waals surface area contributed by atoms with E-state index in [9.17, 15) is 9.59 Å². The molecule has 4 atom stereocenters. The summed E-state index contributed by atoms with van der Waals surface area (Å²) in [6.07, 6.45) is 29.8. The second-order valence-corrected chi connectivity index (χ2v) is 14.1. The Kier molecular flexibility index (Phi) is 28.6. The summed E-state index contributed by atoms with van der Waals surface area (Å²) < 4.78 is 27.4. The summed E-state index contributed by atoms with van der Waals surface area (Å²) in [7, 11) is 0. The normalized spacial score (nSPS) is 18.6.